The minimum absolute atomic E-state index is 0.00599. The fraction of sp³-hybridized carbons (Fsp3) is 0.577. The Hall–Kier alpha value is -3.54. The van der Waals surface area contributed by atoms with Gasteiger partial charge in [0.15, 0.2) is 5.69 Å². The van der Waals surface area contributed by atoms with E-state index in [0.717, 1.165) is 11.3 Å². The third-order valence-electron chi connectivity index (χ3n) is 6.68. The van der Waals surface area contributed by atoms with Gasteiger partial charge in [-0.2, -0.15) is 0 Å². The van der Waals surface area contributed by atoms with Crippen molar-refractivity contribution in [3.63, 3.8) is 0 Å². The van der Waals surface area contributed by atoms with E-state index in [4.69, 9.17) is 4.74 Å². The average molecular weight is 534 g/mol. The summed E-state index contributed by atoms with van der Waals surface area (Å²) in [7, 11) is 1.61. The highest BCUT2D eigenvalue weighted by molar-refractivity contribution is 5.94. The van der Waals surface area contributed by atoms with Crippen LogP contribution in [-0.2, 0) is 16.0 Å². The zero-order valence-corrected chi connectivity index (χ0v) is 22.3. The van der Waals surface area contributed by atoms with Gasteiger partial charge in [0.05, 0.1) is 23.3 Å². The summed E-state index contributed by atoms with van der Waals surface area (Å²) in [5, 5.41) is 27.7. The van der Waals surface area contributed by atoms with Gasteiger partial charge in [0.2, 0.25) is 0 Å². The third-order valence-corrected chi connectivity index (χ3v) is 6.68. The summed E-state index contributed by atoms with van der Waals surface area (Å²) in [5.41, 5.74) is 1.65. The van der Waals surface area contributed by atoms with Crippen LogP contribution < -0.4 is 0 Å². The van der Waals surface area contributed by atoms with Crippen LogP contribution in [0.3, 0.4) is 0 Å². The molecule has 1 aliphatic rings. The molecule has 2 N–H and O–H groups in total. The van der Waals surface area contributed by atoms with E-state index < -0.39 is 29.9 Å². The fourth-order valence-electron chi connectivity index (χ4n) is 4.76. The number of halogens is 1. The lowest BCUT2D eigenvalue weighted by Crippen LogP contribution is -2.56. The van der Waals surface area contributed by atoms with Gasteiger partial charge in [-0.25, -0.2) is 13.9 Å². The maximum absolute atomic E-state index is 14.0. The summed E-state index contributed by atoms with van der Waals surface area (Å²) in [4.78, 5) is 40.2. The number of carboxylic acid groups (broad SMARTS) is 2. The number of hydrogen-bond acceptors (Lipinski definition) is 6. The van der Waals surface area contributed by atoms with Crippen molar-refractivity contribution in [1.82, 2.24) is 24.8 Å². The second-order valence-corrected chi connectivity index (χ2v) is 10.1. The van der Waals surface area contributed by atoms with Gasteiger partial charge in [-0.3, -0.25) is 9.59 Å². The van der Waals surface area contributed by atoms with E-state index in [9.17, 15) is 29.0 Å². The van der Waals surface area contributed by atoms with Crippen LogP contribution in [0.5, 0.6) is 0 Å². The van der Waals surface area contributed by atoms with Crippen LogP contribution in [0.1, 0.15) is 54.9 Å². The van der Waals surface area contributed by atoms with Crippen molar-refractivity contribution in [3.8, 4) is 5.69 Å². The van der Waals surface area contributed by atoms with Gasteiger partial charge in [0.1, 0.15) is 5.82 Å². The van der Waals surface area contributed by atoms with E-state index in [-0.39, 0.29) is 43.5 Å². The van der Waals surface area contributed by atoms with Crippen LogP contribution in [0.4, 0.5) is 9.18 Å². The first kappa shape index (κ1) is 29.0. The molecule has 1 fully saturated rings. The molecule has 0 saturated carbocycles. The molecule has 1 saturated heterocycles. The SMILES string of the molecule is COCCCCc1c(C(=O)N(CC(C)C)[C@H]2C[C@@H](C(=O)O)CN(C(=O)O)C2)nnn1-c1ccc(F)c(C)c1. The predicted octanol–water partition coefficient (Wildman–Crippen LogP) is 3.24. The number of ether oxygens (including phenoxy) is 1. The third kappa shape index (κ3) is 6.85. The molecule has 12 heteroatoms. The number of likely N-dealkylation sites (tertiary alicyclic amines) is 1. The van der Waals surface area contributed by atoms with Gasteiger partial charge >= 0.3 is 12.1 Å². The van der Waals surface area contributed by atoms with E-state index >= 15 is 0 Å². The monoisotopic (exact) mass is 533 g/mol. The Labute approximate surface area is 221 Å². The number of amides is 2. The molecule has 11 nitrogen and oxygen atoms in total. The molecule has 0 unspecified atom stereocenters. The highest BCUT2D eigenvalue weighted by Gasteiger charge is 2.39. The molecule has 2 atom stereocenters. The molecule has 0 radical (unpaired) electrons. The number of benzene rings is 1. The van der Waals surface area contributed by atoms with Gasteiger partial charge in [-0.15, -0.1) is 5.10 Å². The summed E-state index contributed by atoms with van der Waals surface area (Å²) in [6, 6.07) is 3.89. The standard InChI is InChI=1S/C26H36FN5O6/c1-16(2)13-31(20-12-18(25(34)35)14-30(15-20)26(36)37)24(33)23-22(7-5-6-10-38-4)32(29-28-23)19-8-9-21(27)17(3)11-19/h8-9,11,16,18,20H,5-7,10,12-15H2,1-4H3,(H,34,35)(H,36,37)/t18-,20+/m1/s1. The number of methoxy groups -OCH3 is 1. The molecule has 2 aromatic rings. The van der Waals surface area contributed by atoms with Crippen LogP contribution in [0, 0.1) is 24.6 Å². The summed E-state index contributed by atoms with van der Waals surface area (Å²) >= 11 is 0. The number of unbranched alkanes of at least 4 members (excludes halogenated alkanes) is 1. The Balaban J connectivity index is 2.02. The zero-order chi connectivity index (χ0) is 28.0. The maximum atomic E-state index is 14.0. The summed E-state index contributed by atoms with van der Waals surface area (Å²) in [6.07, 6.45) is 0.779. The molecular weight excluding hydrogens is 497 g/mol. The van der Waals surface area contributed by atoms with Crippen molar-refractivity contribution in [1.29, 1.82) is 0 Å². The molecule has 38 heavy (non-hydrogen) atoms. The van der Waals surface area contributed by atoms with Crippen molar-refractivity contribution < 1.29 is 33.7 Å². The Kier molecular flexibility index (Phi) is 9.78. The lowest BCUT2D eigenvalue weighted by Gasteiger charge is -2.41. The number of carbonyl (C=O) groups is 3. The Morgan fingerprint density at radius 3 is 2.55 bits per heavy atom. The van der Waals surface area contributed by atoms with Gasteiger partial charge in [-0.1, -0.05) is 19.1 Å². The van der Waals surface area contributed by atoms with Crippen LogP contribution in [0.15, 0.2) is 18.2 Å². The first-order valence-electron chi connectivity index (χ1n) is 12.7. The molecule has 2 amide bonds. The maximum Gasteiger partial charge on any atom is 0.407 e. The molecule has 1 aromatic heterocycles. The van der Waals surface area contributed by atoms with Crippen molar-refractivity contribution in [2.24, 2.45) is 11.8 Å². The molecule has 2 heterocycles. The molecule has 3 rings (SSSR count). The molecule has 0 bridgehead atoms. The molecule has 208 valence electrons. The van der Waals surface area contributed by atoms with E-state index in [0.29, 0.717) is 36.4 Å². The number of hydrogen-bond donors (Lipinski definition) is 2. The van der Waals surface area contributed by atoms with Gasteiger partial charge in [0, 0.05) is 33.4 Å². The Bertz CT molecular complexity index is 1130. The minimum Gasteiger partial charge on any atom is -0.481 e. The second kappa shape index (κ2) is 12.8. The van der Waals surface area contributed by atoms with Gasteiger partial charge in [0.25, 0.3) is 5.91 Å². The molecular formula is C26H36FN5O6. The number of nitrogens with zero attached hydrogens (tertiary/aromatic N) is 5. The van der Waals surface area contributed by atoms with Crippen LogP contribution >= 0.6 is 0 Å². The van der Waals surface area contributed by atoms with E-state index in [1.807, 2.05) is 13.8 Å². The lowest BCUT2D eigenvalue weighted by molar-refractivity contribution is -0.144. The first-order chi connectivity index (χ1) is 18.0. The highest BCUT2D eigenvalue weighted by atomic mass is 19.1. The number of aryl methyl sites for hydroxylation is 1. The molecule has 0 spiro atoms. The average Bonchev–Trinajstić information content (AvgIpc) is 3.29. The van der Waals surface area contributed by atoms with E-state index in [2.05, 4.69) is 10.3 Å². The zero-order valence-electron chi connectivity index (χ0n) is 22.3. The first-order valence-corrected chi connectivity index (χ1v) is 12.7. The van der Waals surface area contributed by atoms with Crippen molar-refractivity contribution in [2.75, 3.05) is 33.4 Å². The fourth-order valence-corrected chi connectivity index (χ4v) is 4.76. The van der Waals surface area contributed by atoms with Gasteiger partial charge in [-0.05, 0) is 62.3 Å². The molecule has 0 aliphatic carbocycles. The molecule has 1 aromatic carbocycles. The van der Waals surface area contributed by atoms with E-state index in [1.54, 1.807) is 31.1 Å². The van der Waals surface area contributed by atoms with Crippen LogP contribution in [-0.4, -0.2) is 92.4 Å². The smallest absolute Gasteiger partial charge is 0.407 e. The number of carboxylic acids is 1. The summed E-state index contributed by atoms with van der Waals surface area (Å²) in [6.45, 7) is 6.20. The summed E-state index contributed by atoms with van der Waals surface area (Å²) in [5.74, 6) is -2.80. The van der Waals surface area contributed by atoms with Gasteiger partial charge < -0.3 is 24.7 Å². The highest BCUT2D eigenvalue weighted by Crippen LogP contribution is 2.26. The Morgan fingerprint density at radius 1 is 1.21 bits per heavy atom. The summed E-state index contributed by atoms with van der Waals surface area (Å²) < 4.78 is 20.6. The normalized spacial score (nSPS) is 17.6. The van der Waals surface area contributed by atoms with Crippen LogP contribution in [0.25, 0.3) is 5.69 Å². The quantitative estimate of drug-likeness (QED) is 0.420. The second-order valence-electron chi connectivity index (χ2n) is 10.1. The van der Waals surface area contributed by atoms with Crippen molar-refractivity contribution in [3.05, 3.63) is 41.0 Å². The lowest BCUT2D eigenvalue weighted by atomic mass is 9.92. The van der Waals surface area contributed by atoms with Crippen molar-refractivity contribution >= 4 is 18.0 Å². The van der Waals surface area contributed by atoms with Crippen molar-refractivity contribution in [2.45, 2.75) is 52.5 Å². The number of rotatable bonds is 11. The predicted molar refractivity (Wildman–Crippen MR) is 136 cm³/mol. The number of piperidine rings is 1. The number of aromatic nitrogens is 3. The Morgan fingerprint density at radius 2 is 1.95 bits per heavy atom. The number of aliphatic carboxylic acids is 1. The molecule has 1 aliphatic heterocycles. The minimum atomic E-state index is -1.23. The van der Waals surface area contributed by atoms with E-state index in [1.165, 1.54) is 10.7 Å². The largest absolute Gasteiger partial charge is 0.481 e. The number of carbonyl (C=O) groups excluding carboxylic acids is 1. The van der Waals surface area contributed by atoms with Crippen LogP contribution in [0.2, 0.25) is 0 Å². The topological polar surface area (TPSA) is 138 Å².